The summed E-state index contributed by atoms with van der Waals surface area (Å²) in [5.74, 6) is -0.395. The van der Waals surface area contributed by atoms with Crippen LogP contribution in [0.5, 0.6) is 0 Å². The number of carbonyl (C=O) groups excluding carboxylic acids is 3. The van der Waals surface area contributed by atoms with Gasteiger partial charge in [0.05, 0.1) is 34.7 Å². The number of nitrogens with zero attached hydrogens (tertiary/aromatic N) is 3. The molecule has 0 aliphatic heterocycles. The first-order valence-corrected chi connectivity index (χ1v) is 12.4. The summed E-state index contributed by atoms with van der Waals surface area (Å²) in [5, 5.41) is 14.9. The van der Waals surface area contributed by atoms with Crippen molar-refractivity contribution in [1.29, 1.82) is 0 Å². The van der Waals surface area contributed by atoms with Crippen LogP contribution in [0.25, 0.3) is 0 Å². The highest BCUT2D eigenvalue weighted by Gasteiger charge is 2.20. The lowest BCUT2D eigenvalue weighted by molar-refractivity contribution is -0.113. The number of anilines is 1. The largest absolute Gasteiger partial charge is 0.462 e. The third kappa shape index (κ3) is 6.83. The zero-order valence-electron chi connectivity index (χ0n) is 19.6. The summed E-state index contributed by atoms with van der Waals surface area (Å²) in [7, 11) is 0. The van der Waals surface area contributed by atoms with Gasteiger partial charge >= 0.3 is 5.97 Å². The lowest BCUT2D eigenvalue weighted by Crippen LogP contribution is -2.28. The number of ether oxygens (including phenoxy) is 1. The van der Waals surface area contributed by atoms with Gasteiger partial charge in [-0.2, -0.15) is 0 Å². The number of hydrogen-bond acceptors (Lipinski definition) is 7. The maximum atomic E-state index is 12.6. The SMILES string of the molecule is CCOC(=O)c1ccc(Cl)c(NC(=O)CSc2nnc(C(C)NC(=O)c3ccccc3)n2CC)c1. The number of halogens is 1. The number of aromatic nitrogens is 3. The molecule has 0 bridgehead atoms. The van der Waals surface area contributed by atoms with E-state index < -0.39 is 5.97 Å². The Morgan fingerprint density at radius 3 is 2.51 bits per heavy atom. The normalized spacial score (nSPS) is 11.5. The van der Waals surface area contributed by atoms with Crippen LogP contribution in [0.1, 0.15) is 53.4 Å². The summed E-state index contributed by atoms with van der Waals surface area (Å²) in [6.45, 7) is 6.28. The summed E-state index contributed by atoms with van der Waals surface area (Å²) in [5.41, 5.74) is 1.16. The Hall–Kier alpha value is -3.37. The van der Waals surface area contributed by atoms with E-state index in [-0.39, 0.29) is 30.2 Å². The van der Waals surface area contributed by atoms with Crippen LogP contribution in [0.15, 0.2) is 53.7 Å². The van der Waals surface area contributed by atoms with Crippen molar-refractivity contribution in [3.8, 4) is 0 Å². The summed E-state index contributed by atoms with van der Waals surface area (Å²) in [6.07, 6.45) is 0. The lowest BCUT2D eigenvalue weighted by Gasteiger charge is -2.15. The summed E-state index contributed by atoms with van der Waals surface area (Å²) in [4.78, 5) is 37.0. The van der Waals surface area contributed by atoms with E-state index in [1.54, 1.807) is 31.2 Å². The van der Waals surface area contributed by atoms with Crippen molar-refractivity contribution in [2.45, 2.75) is 38.5 Å². The minimum absolute atomic E-state index is 0.0445. The van der Waals surface area contributed by atoms with Crippen LogP contribution in [-0.2, 0) is 16.1 Å². The molecular formula is C24H26ClN5O4S. The predicted octanol–water partition coefficient (Wildman–Crippen LogP) is 4.35. The maximum absolute atomic E-state index is 12.6. The molecule has 9 nitrogen and oxygen atoms in total. The third-order valence-electron chi connectivity index (χ3n) is 4.92. The number of esters is 1. The average molecular weight is 516 g/mol. The molecule has 184 valence electrons. The highest BCUT2D eigenvalue weighted by molar-refractivity contribution is 7.99. The molecule has 2 N–H and O–H groups in total. The van der Waals surface area contributed by atoms with E-state index in [9.17, 15) is 14.4 Å². The number of amides is 2. The molecule has 1 unspecified atom stereocenters. The van der Waals surface area contributed by atoms with Gasteiger partial charge < -0.3 is 19.9 Å². The molecule has 1 heterocycles. The molecule has 0 radical (unpaired) electrons. The van der Waals surface area contributed by atoms with E-state index >= 15 is 0 Å². The molecule has 0 fully saturated rings. The summed E-state index contributed by atoms with van der Waals surface area (Å²) in [6, 6.07) is 13.1. The van der Waals surface area contributed by atoms with Crippen molar-refractivity contribution in [3.63, 3.8) is 0 Å². The molecule has 1 atom stereocenters. The molecule has 0 aliphatic carbocycles. The number of nitrogens with one attached hydrogen (secondary N) is 2. The Balaban J connectivity index is 1.63. The summed E-state index contributed by atoms with van der Waals surface area (Å²) < 4.78 is 6.84. The Labute approximate surface area is 212 Å². The minimum Gasteiger partial charge on any atom is -0.462 e. The van der Waals surface area contributed by atoms with Crippen molar-refractivity contribution in [3.05, 3.63) is 70.5 Å². The first-order chi connectivity index (χ1) is 16.8. The van der Waals surface area contributed by atoms with Crippen LogP contribution in [0.3, 0.4) is 0 Å². The van der Waals surface area contributed by atoms with Gasteiger partial charge in [0.25, 0.3) is 5.91 Å². The van der Waals surface area contributed by atoms with Crippen molar-refractivity contribution in [2.24, 2.45) is 0 Å². The number of rotatable bonds is 10. The van der Waals surface area contributed by atoms with Gasteiger partial charge in [-0.3, -0.25) is 9.59 Å². The van der Waals surface area contributed by atoms with Crippen molar-refractivity contribution >= 4 is 46.8 Å². The van der Waals surface area contributed by atoms with E-state index in [1.165, 1.54) is 30.0 Å². The molecule has 2 aromatic carbocycles. The Kier molecular flexibility index (Phi) is 9.27. The molecule has 0 aliphatic rings. The Morgan fingerprint density at radius 2 is 1.83 bits per heavy atom. The highest BCUT2D eigenvalue weighted by atomic mass is 35.5. The Morgan fingerprint density at radius 1 is 1.09 bits per heavy atom. The standard InChI is InChI=1S/C24H26ClN5O4S/c1-4-30-21(15(3)26-22(32)16-9-7-6-8-10-16)28-29-24(30)35-14-20(31)27-19-13-17(11-12-18(19)25)23(33)34-5-2/h6-13,15H,4-5,14H2,1-3H3,(H,26,32)(H,27,31). The highest BCUT2D eigenvalue weighted by Crippen LogP contribution is 2.25. The molecule has 1 aromatic heterocycles. The number of thioether (sulfide) groups is 1. The summed E-state index contributed by atoms with van der Waals surface area (Å²) >= 11 is 7.38. The molecule has 3 aromatic rings. The number of hydrogen-bond donors (Lipinski definition) is 2. The second-order valence-corrected chi connectivity index (χ2v) is 8.75. The zero-order valence-corrected chi connectivity index (χ0v) is 21.2. The van der Waals surface area contributed by atoms with Gasteiger partial charge in [-0.15, -0.1) is 10.2 Å². The van der Waals surface area contributed by atoms with Crippen LogP contribution in [-0.4, -0.2) is 44.9 Å². The van der Waals surface area contributed by atoms with Crippen LogP contribution in [0, 0.1) is 0 Å². The molecule has 0 saturated carbocycles. The van der Waals surface area contributed by atoms with Gasteiger partial charge in [0.15, 0.2) is 11.0 Å². The first kappa shape index (κ1) is 26.2. The van der Waals surface area contributed by atoms with E-state index in [4.69, 9.17) is 16.3 Å². The molecule has 11 heteroatoms. The fourth-order valence-corrected chi connectivity index (χ4v) is 4.21. The smallest absolute Gasteiger partial charge is 0.338 e. The molecular weight excluding hydrogens is 490 g/mol. The maximum Gasteiger partial charge on any atom is 0.338 e. The van der Waals surface area contributed by atoms with E-state index in [0.29, 0.717) is 39.4 Å². The van der Waals surface area contributed by atoms with Gasteiger partial charge in [0.2, 0.25) is 5.91 Å². The molecule has 35 heavy (non-hydrogen) atoms. The van der Waals surface area contributed by atoms with Crippen LogP contribution >= 0.6 is 23.4 Å². The van der Waals surface area contributed by atoms with Crippen molar-refractivity contribution < 1.29 is 19.1 Å². The van der Waals surface area contributed by atoms with Crippen LogP contribution < -0.4 is 10.6 Å². The topological polar surface area (TPSA) is 115 Å². The number of benzene rings is 2. The molecule has 0 spiro atoms. The van der Waals surface area contributed by atoms with Gasteiger partial charge in [0, 0.05) is 12.1 Å². The van der Waals surface area contributed by atoms with E-state index in [1.807, 2.05) is 24.5 Å². The van der Waals surface area contributed by atoms with Gasteiger partial charge in [-0.05, 0) is 51.1 Å². The Bertz CT molecular complexity index is 1200. The second kappa shape index (κ2) is 12.4. The molecule has 3 rings (SSSR count). The van der Waals surface area contributed by atoms with E-state index in [2.05, 4.69) is 20.8 Å². The third-order valence-corrected chi connectivity index (χ3v) is 6.21. The van der Waals surface area contributed by atoms with Crippen molar-refractivity contribution in [2.75, 3.05) is 17.7 Å². The molecule has 2 amide bonds. The van der Waals surface area contributed by atoms with Crippen molar-refractivity contribution in [1.82, 2.24) is 20.1 Å². The van der Waals surface area contributed by atoms with Gasteiger partial charge in [-0.25, -0.2) is 4.79 Å². The quantitative estimate of drug-likeness (QED) is 0.304. The monoisotopic (exact) mass is 515 g/mol. The predicted molar refractivity (Wildman–Crippen MR) is 135 cm³/mol. The lowest BCUT2D eigenvalue weighted by atomic mass is 10.2. The van der Waals surface area contributed by atoms with Crippen LogP contribution in [0.4, 0.5) is 5.69 Å². The minimum atomic E-state index is -0.494. The average Bonchev–Trinajstić information content (AvgIpc) is 3.28. The van der Waals surface area contributed by atoms with Crippen LogP contribution in [0.2, 0.25) is 5.02 Å². The zero-order chi connectivity index (χ0) is 25.4. The fourth-order valence-electron chi connectivity index (χ4n) is 3.24. The first-order valence-electron chi connectivity index (χ1n) is 11.0. The van der Waals surface area contributed by atoms with Gasteiger partial charge in [-0.1, -0.05) is 41.6 Å². The molecule has 0 saturated heterocycles. The van der Waals surface area contributed by atoms with E-state index in [0.717, 1.165) is 0 Å². The second-order valence-electron chi connectivity index (χ2n) is 7.40. The number of carbonyl (C=O) groups is 3. The van der Waals surface area contributed by atoms with Gasteiger partial charge in [0.1, 0.15) is 0 Å². The fraction of sp³-hybridized carbons (Fsp3) is 0.292.